The highest BCUT2D eigenvalue weighted by Gasteiger charge is 2.22. The van der Waals surface area contributed by atoms with Gasteiger partial charge in [-0.05, 0) is 55.8 Å². The Kier molecular flexibility index (Phi) is 6.05. The van der Waals surface area contributed by atoms with Crippen molar-refractivity contribution in [3.8, 4) is 5.75 Å². The topological polar surface area (TPSA) is 55.6 Å². The number of amides is 1. The van der Waals surface area contributed by atoms with Gasteiger partial charge in [-0.3, -0.25) is 4.79 Å². The van der Waals surface area contributed by atoms with Gasteiger partial charge in [-0.2, -0.15) is 0 Å². The summed E-state index contributed by atoms with van der Waals surface area (Å²) in [5, 5.41) is 0. The lowest BCUT2D eigenvalue weighted by molar-refractivity contribution is -0.132. The van der Waals surface area contributed by atoms with Gasteiger partial charge in [0.2, 0.25) is 5.91 Å². The Bertz CT molecular complexity index is 437. The summed E-state index contributed by atoms with van der Waals surface area (Å²) in [6.07, 6.45) is 4.68. The van der Waals surface area contributed by atoms with E-state index in [9.17, 15) is 4.79 Å². The molecule has 0 aliphatic carbocycles. The van der Waals surface area contributed by atoms with Crippen LogP contribution in [0.25, 0.3) is 0 Å². The maximum Gasteiger partial charge on any atom is 0.222 e. The molecule has 21 heavy (non-hydrogen) atoms. The molecule has 0 bridgehead atoms. The first-order valence-electron chi connectivity index (χ1n) is 7.83. The Morgan fingerprint density at radius 1 is 1.29 bits per heavy atom. The summed E-state index contributed by atoms with van der Waals surface area (Å²) in [7, 11) is 1.69. The van der Waals surface area contributed by atoms with Crippen LogP contribution in [0.4, 0.5) is 0 Å². The summed E-state index contributed by atoms with van der Waals surface area (Å²) in [5.41, 5.74) is 6.81. The zero-order chi connectivity index (χ0) is 15.1. The summed E-state index contributed by atoms with van der Waals surface area (Å²) < 4.78 is 5.18. The summed E-state index contributed by atoms with van der Waals surface area (Å²) >= 11 is 0. The number of rotatable bonds is 6. The maximum atomic E-state index is 11.9. The van der Waals surface area contributed by atoms with Gasteiger partial charge in [0.15, 0.2) is 0 Å². The third kappa shape index (κ3) is 4.74. The second-order valence-corrected chi connectivity index (χ2v) is 5.77. The van der Waals surface area contributed by atoms with E-state index in [-0.39, 0.29) is 5.91 Å². The lowest BCUT2D eigenvalue weighted by atomic mass is 9.90. The number of ether oxygens (including phenoxy) is 1. The molecule has 0 unspecified atom stereocenters. The predicted molar refractivity (Wildman–Crippen MR) is 84.3 cm³/mol. The molecule has 1 aliphatic rings. The van der Waals surface area contributed by atoms with E-state index in [0.29, 0.717) is 18.9 Å². The molecule has 1 aliphatic heterocycles. The summed E-state index contributed by atoms with van der Waals surface area (Å²) in [5.74, 6) is 1.85. The number of carbonyl (C=O) groups is 1. The van der Waals surface area contributed by atoms with Gasteiger partial charge in [0, 0.05) is 19.5 Å². The number of benzene rings is 1. The van der Waals surface area contributed by atoms with Crippen LogP contribution in [-0.4, -0.2) is 37.6 Å². The Morgan fingerprint density at radius 2 is 1.95 bits per heavy atom. The first-order chi connectivity index (χ1) is 10.2. The number of carbonyl (C=O) groups excluding carboxylic acids is 1. The fourth-order valence-electron chi connectivity index (χ4n) is 2.89. The Labute approximate surface area is 127 Å². The zero-order valence-corrected chi connectivity index (χ0v) is 12.9. The first-order valence-corrected chi connectivity index (χ1v) is 7.83. The number of likely N-dealkylation sites (tertiary alicyclic amines) is 1. The van der Waals surface area contributed by atoms with Crippen LogP contribution in [0, 0.1) is 5.92 Å². The van der Waals surface area contributed by atoms with E-state index < -0.39 is 0 Å². The molecule has 4 heteroatoms. The molecule has 1 aromatic rings. The van der Waals surface area contributed by atoms with Crippen LogP contribution in [0.15, 0.2) is 24.3 Å². The Hall–Kier alpha value is -1.55. The largest absolute Gasteiger partial charge is 0.497 e. The molecule has 0 aromatic heterocycles. The van der Waals surface area contributed by atoms with E-state index in [1.807, 2.05) is 17.0 Å². The van der Waals surface area contributed by atoms with Crippen LogP contribution in [0.3, 0.4) is 0 Å². The highest BCUT2D eigenvalue weighted by atomic mass is 16.5. The molecular weight excluding hydrogens is 264 g/mol. The monoisotopic (exact) mass is 290 g/mol. The van der Waals surface area contributed by atoms with Crippen LogP contribution in [0.5, 0.6) is 5.75 Å². The smallest absolute Gasteiger partial charge is 0.222 e. The van der Waals surface area contributed by atoms with Crippen molar-refractivity contribution < 1.29 is 9.53 Å². The molecule has 4 nitrogen and oxygen atoms in total. The minimum absolute atomic E-state index is 0.267. The standard InChI is InChI=1S/C17H26N2O2/c1-21-16-6-4-14(5-7-16)13-15-8-11-19(12-9-15)17(20)3-2-10-18/h4-7,15H,2-3,8-13,18H2,1H3. The molecule has 1 saturated heterocycles. The van der Waals surface area contributed by atoms with Crippen molar-refractivity contribution >= 4 is 5.91 Å². The van der Waals surface area contributed by atoms with Crippen molar-refractivity contribution in [2.45, 2.75) is 32.1 Å². The average Bonchev–Trinajstić information content (AvgIpc) is 2.54. The first kappa shape index (κ1) is 15.8. The number of methoxy groups -OCH3 is 1. The predicted octanol–water partition coefficient (Wildman–Crippen LogP) is 2.22. The van der Waals surface area contributed by atoms with E-state index in [1.54, 1.807) is 7.11 Å². The molecule has 0 atom stereocenters. The van der Waals surface area contributed by atoms with Crippen molar-refractivity contribution in [3.05, 3.63) is 29.8 Å². The Balaban J connectivity index is 1.76. The molecule has 2 rings (SSSR count). The zero-order valence-electron chi connectivity index (χ0n) is 12.9. The van der Waals surface area contributed by atoms with Gasteiger partial charge in [-0.25, -0.2) is 0 Å². The van der Waals surface area contributed by atoms with Crippen LogP contribution in [-0.2, 0) is 11.2 Å². The van der Waals surface area contributed by atoms with E-state index in [1.165, 1.54) is 5.56 Å². The maximum absolute atomic E-state index is 11.9. The fourth-order valence-corrected chi connectivity index (χ4v) is 2.89. The van der Waals surface area contributed by atoms with E-state index in [4.69, 9.17) is 10.5 Å². The molecule has 1 fully saturated rings. The molecule has 1 amide bonds. The second kappa shape index (κ2) is 8.03. The van der Waals surface area contributed by atoms with Crippen molar-refractivity contribution in [1.29, 1.82) is 0 Å². The molecule has 116 valence electrons. The van der Waals surface area contributed by atoms with Crippen LogP contribution < -0.4 is 10.5 Å². The van der Waals surface area contributed by atoms with E-state index in [2.05, 4.69) is 12.1 Å². The van der Waals surface area contributed by atoms with Gasteiger partial charge in [0.25, 0.3) is 0 Å². The molecular formula is C17H26N2O2. The highest BCUT2D eigenvalue weighted by Crippen LogP contribution is 2.23. The fraction of sp³-hybridized carbons (Fsp3) is 0.588. The minimum atomic E-state index is 0.267. The molecule has 0 radical (unpaired) electrons. The van der Waals surface area contributed by atoms with Gasteiger partial charge < -0.3 is 15.4 Å². The normalized spacial score (nSPS) is 16.0. The third-order valence-corrected chi connectivity index (χ3v) is 4.25. The summed E-state index contributed by atoms with van der Waals surface area (Å²) in [4.78, 5) is 13.9. The SMILES string of the molecule is COc1ccc(CC2CCN(C(=O)CCCN)CC2)cc1. The molecule has 1 heterocycles. The van der Waals surface area contributed by atoms with E-state index >= 15 is 0 Å². The lowest BCUT2D eigenvalue weighted by Gasteiger charge is -2.32. The molecule has 1 aromatic carbocycles. The second-order valence-electron chi connectivity index (χ2n) is 5.77. The van der Waals surface area contributed by atoms with Crippen LogP contribution in [0.1, 0.15) is 31.2 Å². The molecule has 0 spiro atoms. The lowest BCUT2D eigenvalue weighted by Crippen LogP contribution is -2.39. The average molecular weight is 290 g/mol. The Morgan fingerprint density at radius 3 is 2.52 bits per heavy atom. The quantitative estimate of drug-likeness (QED) is 0.874. The van der Waals surface area contributed by atoms with Crippen LogP contribution in [0.2, 0.25) is 0 Å². The van der Waals surface area contributed by atoms with Crippen molar-refractivity contribution in [2.75, 3.05) is 26.7 Å². The summed E-state index contributed by atoms with van der Waals surface area (Å²) in [6.45, 7) is 2.38. The number of hydrogen-bond donors (Lipinski definition) is 1. The van der Waals surface area contributed by atoms with Crippen molar-refractivity contribution in [3.63, 3.8) is 0 Å². The number of piperidine rings is 1. The van der Waals surface area contributed by atoms with Gasteiger partial charge in [-0.1, -0.05) is 12.1 Å². The van der Waals surface area contributed by atoms with E-state index in [0.717, 1.165) is 44.5 Å². The van der Waals surface area contributed by atoms with Gasteiger partial charge >= 0.3 is 0 Å². The van der Waals surface area contributed by atoms with Gasteiger partial charge in [-0.15, -0.1) is 0 Å². The molecule has 2 N–H and O–H groups in total. The van der Waals surface area contributed by atoms with Crippen molar-refractivity contribution in [1.82, 2.24) is 4.90 Å². The highest BCUT2D eigenvalue weighted by molar-refractivity contribution is 5.76. The summed E-state index contributed by atoms with van der Waals surface area (Å²) in [6, 6.07) is 8.30. The van der Waals surface area contributed by atoms with Gasteiger partial charge in [0.05, 0.1) is 7.11 Å². The van der Waals surface area contributed by atoms with Crippen molar-refractivity contribution in [2.24, 2.45) is 11.7 Å². The number of nitrogens with zero attached hydrogens (tertiary/aromatic N) is 1. The third-order valence-electron chi connectivity index (χ3n) is 4.25. The number of hydrogen-bond acceptors (Lipinski definition) is 3. The van der Waals surface area contributed by atoms with Crippen LogP contribution >= 0.6 is 0 Å². The number of nitrogens with two attached hydrogens (primary N) is 1. The van der Waals surface area contributed by atoms with Gasteiger partial charge in [0.1, 0.15) is 5.75 Å². The molecule has 0 saturated carbocycles. The minimum Gasteiger partial charge on any atom is -0.497 e.